The van der Waals surface area contributed by atoms with Crippen LogP contribution in [0, 0.1) is 10.7 Å². The molecule has 1 rings (SSSR count). The van der Waals surface area contributed by atoms with Crippen molar-refractivity contribution in [3.63, 3.8) is 0 Å². The molecule has 0 spiro atoms. The number of benzene rings is 1. The monoisotopic (exact) mass is 702 g/mol. The highest BCUT2D eigenvalue weighted by atomic mass is 127. The Kier molecular flexibility index (Phi) is 9.81. The molecule has 1 aromatic rings. The number of anilines is 1. The average molecular weight is 702 g/mol. The van der Waals surface area contributed by atoms with Crippen molar-refractivity contribution in [1.82, 2.24) is 5.32 Å². The Hall–Kier alpha value is -0.420. The maximum Gasteiger partial charge on any atom is 0.303 e. The van der Waals surface area contributed by atoms with Crippen LogP contribution in [0.1, 0.15) is 29.8 Å². The fourth-order valence-electron chi connectivity index (χ4n) is 1.95. The second-order valence-corrected chi connectivity index (χ2v) is 8.35. The van der Waals surface area contributed by atoms with Crippen LogP contribution in [0.5, 0.6) is 0 Å². The van der Waals surface area contributed by atoms with E-state index in [0.717, 1.165) is 0 Å². The number of nitrogens with one attached hydrogen (secondary N) is 1. The molecule has 144 valence electrons. The van der Waals surface area contributed by atoms with E-state index in [9.17, 15) is 19.5 Å². The smallest absolute Gasteiger partial charge is 0.303 e. The Balaban J connectivity index is 3.00. The average Bonchev–Trinajstić information content (AvgIpc) is 2.55. The Morgan fingerprint density at radius 1 is 1.12 bits per heavy atom. The van der Waals surface area contributed by atoms with Crippen LogP contribution in [0.15, 0.2) is 0 Å². The molecule has 11 heteroatoms. The summed E-state index contributed by atoms with van der Waals surface area (Å²) in [5.74, 6) is -1.51. The zero-order chi connectivity index (χ0) is 20.0. The maximum absolute atomic E-state index is 12.6. The summed E-state index contributed by atoms with van der Waals surface area (Å²) >= 11 is 5.99. The molecule has 1 amide bonds. The second-order valence-electron chi connectivity index (χ2n) is 5.11. The van der Waals surface area contributed by atoms with Gasteiger partial charge in [0, 0.05) is 26.6 Å². The number of rotatable bonds is 7. The van der Waals surface area contributed by atoms with Crippen LogP contribution < -0.4 is 11.1 Å². The van der Waals surface area contributed by atoms with E-state index in [-0.39, 0.29) is 19.8 Å². The molecule has 0 saturated heterocycles. The van der Waals surface area contributed by atoms with Crippen molar-refractivity contribution < 1.29 is 29.0 Å². The summed E-state index contributed by atoms with van der Waals surface area (Å²) in [7, 11) is 0. The third-order valence-electron chi connectivity index (χ3n) is 3.12. The molecule has 0 aliphatic carbocycles. The predicted octanol–water partition coefficient (Wildman–Crippen LogP) is 1.80. The molecule has 1 aromatic carbocycles. The van der Waals surface area contributed by atoms with Crippen molar-refractivity contribution in [2.75, 3.05) is 18.9 Å². The number of ether oxygens (including phenoxy) is 2. The van der Waals surface area contributed by atoms with Gasteiger partial charge in [-0.05, 0) is 67.8 Å². The number of nitrogen functional groups attached to an aromatic ring is 1. The summed E-state index contributed by atoms with van der Waals surface area (Å²) in [6.07, 6.45) is -0.811. The third-order valence-corrected chi connectivity index (χ3v) is 6.67. The van der Waals surface area contributed by atoms with E-state index in [2.05, 4.69) is 5.32 Å². The lowest BCUT2D eigenvalue weighted by Crippen LogP contribution is -2.38. The van der Waals surface area contributed by atoms with Crippen molar-refractivity contribution in [1.29, 1.82) is 0 Å². The van der Waals surface area contributed by atoms with Gasteiger partial charge >= 0.3 is 11.9 Å². The van der Waals surface area contributed by atoms with E-state index in [0.29, 0.717) is 27.5 Å². The lowest BCUT2D eigenvalue weighted by molar-refractivity contribution is -0.155. The Morgan fingerprint density at radius 2 is 1.73 bits per heavy atom. The molecule has 0 heterocycles. The predicted molar refractivity (Wildman–Crippen MR) is 119 cm³/mol. The largest absolute Gasteiger partial charge is 0.462 e. The van der Waals surface area contributed by atoms with Crippen LogP contribution in [-0.2, 0) is 25.7 Å². The first-order valence-electron chi connectivity index (χ1n) is 7.24. The number of hydrogen-bond acceptors (Lipinski definition) is 7. The molecule has 0 bridgehead atoms. The number of esters is 2. The van der Waals surface area contributed by atoms with Gasteiger partial charge in [0.1, 0.15) is 6.61 Å². The molecule has 0 aliphatic rings. The minimum Gasteiger partial charge on any atom is -0.462 e. The standard InChI is InChI=1S/C15H17I3N2O6/c1-6(22)25-5-8(26-7(2)23)3-20-15(24)10-11(16)9(4-21)12(17)14(19)13(10)18/h8,21H,3-5,19H2,1-2H3,(H,20,24). The Morgan fingerprint density at radius 3 is 2.23 bits per heavy atom. The van der Waals surface area contributed by atoms with Gasteiger partial charge in [0.15, 0.2) is 6.10 Å². The lowest BCUT2D eigenvalue weighted by atomic mass is 10.1. The lowest BCUT2D eigenvalue weighted by Gasteiger charge is -2.19. The molecule has 1 unspecified atom stereocenters. The van der Waals surface area contributed by atoms with E-state index < -0.39 is 23.9 Å². The molecular formula is C15H17I3N2O6. The number of aliphatic hydroxyl groups is 1. The minimum absolute atomic E-state index is 0.0434. The first kappa shape index (κ1) is 23.6. The van der Waals surface area contributed by atoms with E-state index in [4.69, 9.17) is 15.2 Å². The normalized spacial score (nSPS) is 11.6. The first-order valence-corrected chi connectivity index (χ1v) is 10.5. The molecule has 0 aliphatic heterocycles. The van der Waals surface area contributed by atoms with Crippen molar-refractivity contribution in [2.45, 2.75) is 26.6 Å². The van der Waals surface area contributed by atoms with Gasteiger partial charge in [-0.2, -0.15) is 0 Å². The zero-order valence-electron chi connectivity index (χ0n) is 13.9. The highest BCUT2D eigenvalue weighted by molar-refractivity contribution is 14.1. The molecule has 8 nitrogen and oxygen atoms in total. The summed E-state index contributed by atoms with van der Waals surface area (Å²) in [5, 5.41) is 12.2. The topological polar surface area (TPSA) is 128 Å². The molecule has 0 fully saturated rings. The van der Waals surface area contributed by atoms with Crippen LogP contribution in [0.25, 0.3) is 0 Å². The summed E-state index contributed by atoms with van der Waals surface area (Å²) in [4.78, 5) is 34.7. The van der Waals surface area contributed by atoms with Crippen LogP contribution in [0.4, 0.5) is 5.69 Å². The molecule has 0 radical (unpaired) electrons. The second kappa shape index (κ2) is 10.8. The molecule has 0 aromatic heterocycles. The van der Waals surface area contributed by atoms with Gasteiger partial charge in [0.25, 0.3) is 5.91 Å². The highest BCUT2D eigenvalue weighted by Gasteiger charge is 2.24. The van der Waals surface area contributed by atoms with Crippen molar-refractivity contribution in [2.24, 2.45) is 0 Å². The van der Waals surface area contributed by atoms with Gasteiger partial charge < -0.3 is 25.6 Å². The van der Waals surface area contributed by atoms with Gasteiger partial charge in [-0.15, -0.1) is 0 Å². The van der Waals surface area contributed by atoms with Gasteiger partial charge in [-0.25, -0.2) is 0 Å². The van der Waals surface area contributed by atoms with Crippen LogP contribution >= 0.6 is 67.8 Å². The number of hydrogen-bond donors (Lipinski definition) is 3. The summed E-state index contributed by atoms with van der Waals surface area (Å²) in [6, 6.07) is 0. The van der Waals surface area contributed by atoms with E-state index in [1.54, 1.807) is 0 Å². The summed E-state index contributed by atoms with van der Waals surface area (Å²) in [5.41, 5.74) is 7.36. The van der Waals surface area contributed by atoms with Gasteiger partial charge in [0.05, 0.1) is 28.0 Å². The fourth-order valence-corrected chi connectivity index (χ4v) is 5.95. The van der Waals surface area contributed by atoms with Crippen LogP contribution in [0.2, 0.25) is 0 Å². The SMILES string of the molecule is CC(=O)OCC(CNC(=O)c1c(I)c(N)c(I)c(CO)c1I)OC(C)=O. The van der Waals surface area contributed by atoms with Crippen molar-refractivity contribution in [3.05, 3.63) is 21.8 Å². The summed E-state index contributed by atoms with van der Waals surface area (Å²) in [6.45, 7) is 2.00. The number of carbonyl (C=O) groups is 3. The van der Waals surface area contributed by atoms with E-state index in [1.807, 2.05) is 67.8 Å². The van der Waals surface area contributed by atoms with Crippen molar-refractivity contribution in [3.8, 4) is 0 Å². The van der Waals surface area contributed by atoms with Gasteiger partial charge in [-0.3, -0.25) is 14.4 Å². The van der Waals surface area contributed by atoms with Crippen LogP contribution in [-0.4, -0.2) is 42.2 Å². The fraction of sp³-hybridized carbons (Fsp3) is 0.400. The molecule has 0 saturated carbocycles. The Bertz CT molecular complexity index is 726. The van der Waals surface area contributed by atoms with E-state index >= 15 is 0 Å². The third kappa shape index (κ3) is 6.33. The van der Waals surface area contributed by atoms with Crippen LogP contribution in [0.3, 0.4) is 0 Å². The van der Waals surface area contributed by atoms with E-state index in [1.165, 1.54) is 13.8 Å². The first-order chi connectivity index (χ1) is 12.1. The number of aliphatic hydroxyl groups excluding tert-OH is 1. The zero-order valence-corrected chi connectivity index (χ0v) is 20.4. The molecular weight excluding hydrogens is 685 g/mol. The summed E-state index contributed by atoms with van der Waals surface area (Å²) < 4.78 is 11.7. The number of amides is 1. The quantitative estimate of drug-likeness (QED) is 0.225. The molecule has 26 heavy (non-hydrogen) atoms. The number of halogens is 3. The maximum atomic E-state index is 12.6. The minimum atomic E-state index is -0.811. The number of carbonyl (C=O) groups excluding carboxylic acids is 3. The molecule has 1 atom stereocenters. The Labute approximate surface area is 191 Å². The van der Waals surface area contributed by atoms with Crippen molar-refractivity contribution >= 4 is 91.3 Å². The van der Waals surface area contributed by atoms with Gasteiger partial charge in [-0.1, -0.05) is 0 Å². The van der Waals surface area contributed by atoms with Gasteiger partial charge in [0.2, 0.25) is 0 Å². The molecule has 4 N–H and O–H groups in total. The number of nitrogens with two attached hydrogens (primary N) is 1. The highest BCUT2D eigenvalue weighted by Crippen LogP contribution is 2.33.